The highest BCUT2D eigenvalue weighted by Crippen LogP contribution is 2.24. The lowest BCUT2D eigenvalue weighted by Crippen LogP contribution is -2.49. The van der Waals surface area contributed by atoms with Crippen LogP contribution in [-0.4, -0.2) is 74.5 Å². The second kappa shape index (κ2) is 20.5. The lowest BCUT2D eigenvalue weighted by Gasteiger charge is -2.20. The number of methoxy groups -OCH3 is 2. The number of hydrogen-bond donors (Lipinski definition) is 4. The first kappa shape index (κ1) is 37.9. The van der Waals surface area contributed by atoms with Crippen LogP contribution in [0.1, 0.15) is 31.8 Å². The summed E-state index contributed by atoms with van der Waals surface area (Å²) in [6.45, 7) is 0.802. The minimum absolute atomic E-state index is 0.221. The number of carbonyl (C=O) groups is 4. The van der Waals surface area contributed by atoms with Crippen molar-refractivity contribution in [2.45, 2.75) is 24.9 Å². The predicted octanol–water partition coefficient (Wildman–Crippen LogP) is 4.70. The SMILES string of the molecule is COc1ccc(C(=O)NC(CSSCC(NC(=O)c2ccc(OC)cc2)C(=O)NCCc2ccccc2)C(=O)NCCc2ccccc2)cc1. The molecule has 0 fully saturated rings. The Hall–Kier alpha value is -4.94. The van der Waals surface area contributed by atoms with E-state index in [-0.39, 0.29) is 23.3 Å². The summed E-state index contributed by atoms with van der Waals surface area (Å²) in [6, 6.07) is 31.1. The Bertz CT molecular complexity index is 1530. The molecule has 0 radical (unpaired) electrons. The number of benzene rings is 4. The van der Waals surface area contributed by atoms with Gasteiger partial charge in [0, 0.05) is 35.7 Å². The first-order valence-electron chi connectivity index (χ1n) is 16.1. The van der Waals surface area contributed by atoms with Gasteiger partial charge in [-0.2, -0.15) is 0 Å². The molecule has 50 heavy (non-hydrogen) atoms. The van der Waals surface area contributed by atoms with Gasteiger partial charge in [-0.1, -0.05) is 82.3 Å². The normalized spacial score (nSPS) is 11.8. The summed E-state index contributed by atoms with van der Waals surface area (Å²) in [5.41, 5.74) is 2.95. The van der Waals surface area contributed by atoms with Crippen molar-refractivity contribution < 1.29 is 28.7 Å². The smallest absolute Gasteiger partial charge is 0.251 e. The van der Waals surface area contributed by atoms with Gasteiger partial charge in [-0.25, -0.2) is 0 Å². The van der Waals surface area contributed by atoms with Gasteiger partial charge in [-0.15, -0.1) is 0 Å². The topological polar surface area (TPSA) is 135 Å². The van der Waals surface area contributed by atoms with Crippen LogP contribution in [0, 0.1) is 0 Å². The van der Waals surface area contributed by atoms with Crippen LogP contribution in [0.5, 0.6) is 11.5 Å². The zero-order chi connectivity index (χ0) is 35.6. The van der Waals surface area contributed by atoms with Crippen LogP contribution >= 0.6 is 21.6 Å². The van der Waals surface area contributed by atoms with E-state index in [4.69, 9.17) is 9.47 Å². The van der Waals surface area contributed by atoms with Gasteiger partial charge in [0.2, 0.25) is 11.8 Å². The quantitative estimate of drug-likeness (QED) is 0.0812. The second-order valence-corrected chi connectivity index (χ2v) is 13.7. The molecule has 0 heterocycles. The molecule has 0 aliphatic rings. The van der Waals surface area contributed by atoms with E-state index in [1.807, 2.05) is 60.7 Å². The molecule has 262 valence electrons. The van der Waals surface area contributed by atoms with E-state index in [2.05, 4.69) is 21.3 Å². The van der Waals surface area contributed by atoms with Crippen molar-refractivity contribution in [2.75, 3.05) is 38.8 Å². The standard InChI is InChI=1S/C38H42N4O6S2/c1-47-31-17-13-29(14-18-31)35(43)41-33(37(45)39-23-21-27-9-5-3-6-10-27)25-49-50-26-34(38(46)40-24-22-28-11-7-4-8-12-28)42-36(44)30-15-19-32(48-2)20-16-30/h3-20,33-34H,21-26H2,1-2H3,(H,39,45)(H,40,46)(H,41,43)(H,42,44). The molecular weight excluding hydrogens is 673 g/mol. The van der Waals surface area contributed by atoms with Gasteiger partial charge in [-0.3, -0.25) is 19.2 Å². The molecule has 0 bridgehead atoms. The van der Waals surface area contributed by atoms with Crippen molar-refractivity contribution in [3.05, 3.63) is 131 Å². The largest absolute Gasteiger partial charge is 0.497 e. The monoisotopic (exact) mass is 714 g/mol. The molecule has 0 spiro atoms. The lowest BCUT2D eigenvalue weighted by molar-refractivity contribution is -0.123. The second-order valence-electron chi connectivity index (χ2n) is 11.1. The molecule has 0 aromatic heterocycles. The molecule has 4 N–H and O–H groups in total. The van der Waals surface area contributed by atoms with Gasteiger partial charge in [0.25, 0.3) is 11.8 Å². The molecule has 4 amide bonds. The van der Waals surface area contributed by atoms with Gasteiger partial charge >= 0.3 is 0 Å². The highest BCUT2D eigenvalue weighted by molar-refractivity contribution is 8.76. The maximum Gasteiger partial charge on any atom is 0.251 e. The average molecular weight is 715 g/mol. The van der Waals surface area contributed by atoms with Crippen LogP contribution in [0.25, 0.3) is 0 Å². The fourth-order valence-corrected chi connectivity index (χ4v) is 7.09. The van der Waals surface area contributed by atoms with Crippen molar-refractivity contribution in [1.29, 1.82) is 0 Å². The van der Waals surface area contributed by atoms with E-state index in [1.54, 1.807) is 62.8 Å². The molecule has 10 nitrogen and oxygen atoms in total. The minimum Gasteiger partial charge on any atom is -0.497 e. The van der Waals surface area contributed by atoms with Crippen LogP contribution in [0.4, 0.5) is 0 Å². The summed E-state index contributed by atoms with van der Waals surface area (Å²) in [5.74, 6) is 0.227. The maximum absolute atomic E-state index is 13.3. The lowest BCUT2D eigenvalue weighted by atomic mass is 10.1. The summed E-state index contributed by atoms with van der Waals surface area (Å²) in [4.78, 5) is 52.9. The number of carbonyl (C=O) groups excluding carboxylic acids is 4. The Labute approximate surface area is 300 Å². The number of rotatable bonds is 19. The minimum atomic E-state index is -0.857. The third-order valence-electron chi connectivity index (χ3n) is 7.61. The van der Waals surface area contributed by atoms with Gasteiger partial charge < -0.3 is 30.7 Å². The number of nitrogens with one attached hydrogen (secondary N) is 4. The van der Waals surface area contributed by atoms with E-state index in [9.17, 15) is 19.2 Å². The Balaban J connectivity index is 1.38. The summed E-state index contributed by atoms with van der Waals surface area (Å²) in [5, 5.41) is 11.6. The summed E-state index contributed by atoms with van der Waals surface area (Å²) in [6.07, 6.45) is 1.28. The molecule has 4 aromatic carbocycles. The van der Waals surface area contributed by atoms with Crippen LogP contribution in [0.3, 0.4) is 0 Å². The van der Waals surface area contributed by atoms with Crippen molar-refractivity contribution in [3.63, 3.8) is 0 Å². The molecule has 2 atom stereocenters. The van der Waals surface area contributed by atoms with Crippen molar-refractivity contribution in [3.8, 4) is 11.5 Å². The molecule has 2 unspecified atom stereocenters. The molecule has 0 aliphatic carbocycles. The van der Waals surface area contributed by atoms with Gasteiger partial charge in [0.15, 0.2) is 0 Å². The van der Waals surface area contributed by atoms with Gasteiger partial charge in [-0.05, 0) is 72.5 Å². The third kappa shape index (κ3) is 12.5. The fourth-order valence-electron chi connectivity index (χ4n) is 4.76. The predicted molar refractivity (Wildman–Crippen MR) is 200 cm³/mol. The zero-order valence-corrected chi connectivity index (χ0v) is 29.7. The molecule has 4 rings (SSSR count). The van der Waals surface area contributed by atoms with Crippen LogP contribution in [0.15, 0.2) is 109 Å². The van der Waals surface area contributed by atoms with Crippen LogP contribution < -0.4 is 30.7 Å². The maximum atomic E-state index is 13.3. The Morgan fingerprint density at radius 2 is 0.900 bits per heavy atom. The van der Waals surface area contributed by atoms with Crippen LogP contribution in [-0.2, 0) is 22.4 Å². The van der Waals surface area contributed by atoms with Crippen molar-refractivity contribution >= 4 is 45.2 Å². The van der Waals surface area contributed by atoms with Crippen LogP contribution in [0.2, 0.25) is 0 Å². The zero-order valence-electron chi connectivity index (χ0n) is 28.1. The van der Waals surface area contributed by atoms with Gasteiger partial charge in [0.05, 0.1) is 14.2 Å². The van der Waals surface area contributed by atoms with E-state index in [0.29, 0.717) is 48.6 Å². The van der Waals surface area contributed by atoms with Crippen molar-refractivity contribution in [2.24, 2.45) is 0 Å². The summed E-state index contributed by atoms with van der Waals surface area (Å²) < 4.78 is 10.4. The average Bonchev–Trinajstić information content (AvgIpc) is 3.16. The van der Waals surface area contributed by atoms with E-state index in [1.165, 1.54) is 21.6 Å². The number of hydrogen-bond acceptors (Lipinski definition) is 8. The van der Waals surface area contributed by atoms with E-state index in [0.717, 1.165) is 11.1 Å². The molecular formula is C38H42N4O6S2. The molecule has 4 aromatic rings. The summed E-state index contributed by atoms with van der Waals surface area (Å²) in [7, 11) is 5.75. The van der Waals surface area contributed by atoms with Gasteiger partial charge in [0.1, 0.15) is 23.6 Å². The van der Waals surface area contributed by atoms with Crippen molar-refractivity contribution in [1.82, 2.24) is 21.3 Å². The fraction of sp³-hybridized carbons (Fsp3) is 0.263. The molecule has 0 saturated heterocycles. The number of amides is 4. The number of ether oxygens (including phenoxy) is 2. The molecule has 12 heteroatoms. The third-order valence-corrected chi connectivity index (χ3v) is 10.0. The molecule has 0 saturated carbocycles. The Kier molecular flexibility index (Phi) is 15.6. The van der Waals surface area contributed by atoms with E-state index < -0.39 is 23.9 Å². The highest BCUT2D eigenvalue weighted by Gasteiger charge is 2.25. The van der Waals surface area contributed by atoms with E-state index >= 15 is 0 Å². The highest BCUT2D eigenvalue weighted by atomic mass is 33.1. The first-order chi connectivity index (χ1) is 24.4. The Morgan fingerprint density at radius 3 is 1.24 bits per heavy atom. The summed E-state index contributed by atoms with van der Waals surface area (Å²) >= 11 is 0. The first-order valence-corrected chi connectivity index (χ1v) is 18.6. The Morgan fingerprint density at radius 1 is 0.540 bits per heavy atom. The molecule has 0 aliphatic heterocycles.